The van der Waals surface area contributed by atoms with Crippen LogP contribution in [0.4, 0.5) is 11.6 Å². The Hall–Kier alpha value is -2.60. The van der Waals surface area contributed by atoms with Gasteiger partial charge in [-0.1, -0.05) is 6.07 Å². The van der Waals surface area contributed by atoms with Gasteiger partial charge in [0.05, 0.1) is 12.0 Å². The quantitative estimate of drug-likeness (QED) is 0.792. The van der Waals surface area contributed by atoms with Crippen LogP contribution in [0, 0.1) is 0 Å². The summed E-state index contributed by atoms with van der Waals surface area (Å²) in [6, 6.07) is 3.74. The zero-order valence-corrected chi connectivity index (χ0v) is 12.2. The lowest BCUT2D eigenvalue weighted by Crippen LogP contribution is -2.28. The van der Waals surface area contributed by atoms with E-state index >= 15 is 0 Å². The Morgan fingerprint density at radius 1 is 1.36 bits per heavy atom. The van der Waals surface area contributed by atoms with Crippen LogP contribution in [-0.4, -0.2) is 27.1 Å². The van der Waals surface area contributed by atoms with Gasteiger partial charge in [0.25, 0.3) is 0 Å². The summed E-state index contributed by atoms with van der Waals surface area (Å²) in [7, 11) is 2.02. The number of fused-ring (bicyclic) bond motifs is 1. The molecule has 0 saturated carbocycles. The first-order valence-electron chi connectivity index (χ1n) is 7.30. The Kier molecular flexibility index (Phi) is 2.97. The highest BCUT2D eigenvalue weighted by Crippen LogP contribution is 2.39. The van der Waals surface area contributed by atoms with E-state index in [9.17, 15) is 5.11 Å². The number of allylic oxidation sites excluding steroid dienone is 2. The first-order valence-corrected chi connectivity index (χ1v) is 7.30. The van der Waals surface area contributed by atoms with Crippen LogP contribution in [0.5, 0.6) is 0 Å². The number of nitrogens with zero attached hydrogens (tertiary/aromatic N) is 3. The van der Waals surface area contributed by atoms with E-state index in [-0.39, 0.29) is 0 Å². The molecule has 0 amide bonds. The summed E-state index contributed by atoms with van der Waals surface area (Å²) in [5.74, 6) is 1.79. The third-order valence-corrected chi connectivity index (χ3v) is 4.24. The number of pyridine rings is 1. The summed E-state index contributed by atoms with van der Waals surface area (Å²) in [5, 5.41) is 13.9. The predicted molar refractivity (Wildman–Crippen MR) is 84.2 cm³/mol. The van der Waals surface area contributed by atoms with Gasteiger partial charge in [0.1, 0.15) is 6.10 Å². The van der Waals surface area contributed by atoms with Gasteiger partial charge in [-0.05, 0) is 30.6 Å². The third kappa shape index (κ3) is 2.00. The zero-order valence-electron chi connectivity index (χ0n) is 12.2. The van der Waals surface area contributed by atoms with Gasteiger partial charge in [-0.3, -0.25) is 4.98 Å². The molecule has 0 saturated heterocycles. The van der Waals surface area contributed by atoms with Crippen LogP contribution < -0.4 is 10.2 Å². The lowest BCUT2D eigenvalue weighted by molar-refractivity contribution is 0.210. The Morgan fingerprint density at radius 3 is 3.09 bits per heavy atom. The molecule has 1 aliphatic carbocycles. The second kappa shape index (κ2) is 4.99. The van der Waals surface area contributed by atoms with Crippen LogP contribution in [0.2, 0.25) is 0 Å². The average Bonchev–Trinajstić information content (AvgIpc) is 3.03. The van der Waals surface area contributed by atoms with E-state index in [2.05, 4.69) is 25.2 Å². The highest BCUT2D eigenvalue weighted by atomic mass is 16.3. The van der Waals surface area contributed by atoms with Crippen molar-refractivity contribution in [3.8, 4) is 0 Å². The SMILES string of the molecule is CN1C2=C(C=C(C(O)c3cccnc3)CC2)Nc2[nH]cnc21. The topological polar surface area (TPSA) is 77.1 Å². The minimum atomic E-state index is -0.613. The summed E-state index contributed by atoms with van der Waals surface area (Å²) in [6.45, 7) is 0. The van der Waals surface area contributed by atoms with E-state index in [4.69, 9.17) is 0 Å². The number of hydrogen-bond donors (Lipinski definition) is 3. The maximum absolute atomic E-state index is 10.6. The minimum Gasteiger partial charge on any atom is -0.384 e. The molecular formula is C16H17N5O. The first kappa shape index (κ1) is 13.1. The van der Waals surface area contributed by atoms with Gasteiger partial charge in [-0.25, -0.2) is 4.98 Å². The van der Waals surface area contributed by atoms with Gasteiger partial charge in [-0.2, -0.15) is 0 Å². The fraction of sp³-hybridized carbons (Fsp3) is 0.250. The maximum Gasteiger partial charge on any atom is 0.175 e. The van der Waals surface area contributed by atoms with Crippen molar-refractivity contribution in [2.24, 2.45) is 0 Å². The van der Waals surface area contributed by atoms with Crippen molar-refractivity contribution in [1.82, 2.24) is 15.0 Å². The predicted octanol–water partition coefficient (Wildman–Crippen LogP) is 2.33. The number of nitrogens with one attached hydrogen (secondary N) is 2. The molecule has 6 nitrogen and oxygen atoms in total. The van der Waals surface area contributed by atoms with Crippen molar-refractivity contribution >= 4 is 11.6 Å². The molecule has 0 radical (unpaired) electrons. The van der Waals surface area contributed by atoms with Crippen LogP contribution in [0.15, 0.2) is 53.9 Å². The molecular weight excluding hydrogens is 278 g/mol. The molecule has 3 N–H and O–H groups in total. The van der Waals surface area contributed by atoms with Crippen LogP contribution in [-0.2, 0) is 0 Å². The van der Waals surface area contributed by atoms with Gasteiger partial charge in [-0.15, -0.1) is 0 Å². The molecule has 22 heavy (non-hydrogen) atoms. The second-order valence-corrected chi connectivity index (χ2v) is 5.55. The zero-order chi connectivity index (χ0) is 15.1. The number of anilines is 2. The Labute approximate surface area is 128 Å². The molecule has 0 spiro atoms. The van der Waals surface area contributed by atoms with Crippen LogP contribution in [0.25, 0.3) is 0 Å². The van der Waals surface area contributed by atoms with Crippen LogP contribution in [0.1, 0.15) is 24.5 Å². The van der Waals surface area contributed by atoms with Crippen molar-refractivity contribution in [1.29, 1.82) is 0 Å². The third-order valence-electron chi connectivity index (χ3n) is 4.24. The summed E-state index contributed by atoms with van der Waals surface area (Å²) >= 11 is 0. The molecule has 1 unspecified atom stereocenters. The Morgan fingerprint density at radius 2 is 2.27 bits per heavy atom. The van der Waals surface area contributed by atoms with Gasteiger partial charge in [0.2, 0.25) is 0 Å². The van der Waals surface area contributed by atoms with Gasteiger partial charge < -0.3 is 20.3 Å². The van der Waals surface area contributed by atoms with E-state index < -0.39 is 6.10 Å². The standard InChI is InChI=1S/C16H17N5O/c1-21-13-5-4-10(14(22)11-3-2-6-17-8-11)7-12(13)20-15-16(21)19-9-18-15/h2-3,6-9,14,20,22H,4-5H2,1H3,(H,18,19). The highest BCUT2D eigenvalue weighted by molar-refractivity contribution is 5.72. The van der Waals surface area contributed by atoms with Crippen LogP contribution >= 0.6 is 0 Å². The molecule has 2 aromatic heterocycles. The van der Waals surface area contributed by atoms with Crippen molar-refractivity contribution < 1.29 is 5.11 Å². The second-order valence-electron chi connectivity index (χ2n) is 5.55. The van der Waals surface area contributed by atoms with Gasteiger partial charge >= 0.3 is 0 Å². The summed E-state index contributed by atoms with van der Waals surface area (Å²) < 4.78 is 0. The van der Waals surface area contributed by atoms with Crippen LogP contribution in [0.3, 0.4) is 0 Å². The van der Waals surface area contributed by atoms with Gasteiger partial charge in [0.15, 0.2) is 11.6 Å². The van der Waals surface area contributed by atoms with E-state index in [1.165, 1.54) is 5.70 Å². The number of aromatic nitrogens is 3. The van der Waals surface area contributed by atoms with E-state index in [1.54, 1.807) is 18.7 Å². The fourth-order valence-electron chi connectivity index (χ4n) is 3.06. The molecule has 6 heteroatoms. The number of rotatable bonds is 2. The van der Waals surface area contributed by atoms with Crippen molar-refractivity contribution in [2.45, 2.75) is 18.9 Å². The van der Waals surface area contributed by atoms with E-state index in [0.717, 1.165) is 41.3 Å². The monoisotopic (exact) mass is 295 g/mol. The van der Waals surface area contributed by atoms with E-state index in [0.29, 0.717) is 0 Å². The molecule has 112 valence electrons. The number of aromatic amines is 1. The maximum atomic E-state index is 10.6. The molecule has 1 atom stereocenters. The number of aliphatic hydroxyl groups is 1. The average molecular weight is 295 g/mol. The van der Waals surface area contributed by atoms with Crippen molar-refractivity contribution in [3.05, 3.63) is 59.5 Å². The minimum absolute atomic E-state index is 0.613. The fourth-order valence-corrected chi connectivity index (χ4v) is 3.06. The smallest absolute Gasteiger partial charge is 0.175 e. The first-order chi connectivity index (χ1) is 10.7. The highest BCUT2D eigenvalue weighted by Gasteiger charge is 2.28. The normalized spacial score (nSPS) is 18.3. The molecule has 3 heterocycles. The molecule has 2 aromatic rings. The lowest BCUT2D eigenvalue weighted by Gasteiger charge is -2.33. The molecule has 0 fully saturated rings. The summed E-state index contributed by atoms with van der Waals surface area (Å²) in [6.07, 6.45) is 8.22. The lowest BCUT2D eigenvalue weighted by atomic mass is 9.92. The number of H-pyrrole nitrogens is 1. The summed E-state index contributed by atoms with van der Waals surface area (Å²) in [5.41, 5.74) is 4.03. The molecule has 4 rings (SSSR count). The Balaban J connectivity index is 1.67. The number of imidazole rings is 1. The number of hydrogen-bond acceptors (Lipinski definition) is 5. The van der Waals surface area contributed by atoms with Gasteiger partial charge in [0, 0.05) is 30.7 Å². The molecule has 2 aliphatic rings. The van der Waals surface area contributed by atoms with Crippen molar-refractivity contribution in [3.63, 3.8) is 0 Å². The Bertz CT molecular complexity index is 762. The number of aliphatic hydroxyl groups excluding tert-OH is 1. The largest absolute Gasteiger partial charge is 0.384 e. The molecule has 0 aromatic carbocycles. The van der Waals surface area contributed by atoms with E-state index in [1.807, 2.05) is 25.3 Å². The molecule has 1 aliphatic heterocycles. The summed E-state index contributed by atoms with van der Waals surface area (Å²) in [4.78, 5) is 13.6. The molecule has 0 bridgehead atoms. The van der Waals surface area contributed by atoms with Crippen molar-refractivity contribution in [2.75, 3.05) is 17.3 Å².